The standard InChI is InChI=1S/C22H16Cl3N3O3/c23-16-4-6-17(7-5-16)27-21(29)13-31-18-8-1-14(2-9-18)12-26-28-22(30)15-3-10-19(24)20(25)11-15/h1-12H,13H2,(H,27,29)(H,28,30)/b26-12-. The van der Waals surface area contributed by atoms with Gasteiger partial charge < -0.3 is 10.1 Å². The lowest BCUT2D eigenvalue weighted by atomic mass is 10.2. The van der Waals surface area contributed by atoms with Crippen LogP contribution in [-0.4, -0.2) is 24.6 Å². The van der Waals surface area contributed by atoms with E-state index in [0.29, 0.717) is 27.0 Å². The molecule has 0 aliphatic carbocycles. The first-order valence-corrected chi connectivity index (χ1v) is 10.1. The maximum absolute atomic E-state index is 12.1. The van der Waals surface area contributed by atoms with Crippen molar-refractivity contribution in [2.45, 2.75) is 0 Å². The minimum atomic E-state index is -0.415. The number of ether oxygens (including phenoxy) is 1. The molecular formula is C22H16Cl3N3O3. The first-order valence-electron chi connectivity index (χ1n) is 8.97. The molecule has 0 saturated heterocycles. The summed E-state index contributed by atoms with van der Waals surface area (Å²) < 4.78 is 5.46. The molecule has 3 rings (SSSR count). The van der Waals surface area contributed by atoms with Gasteiger partial charge in [0.25, 0.3) is 11.8 Å². The van der Waals surface area contributed by atoms with Crippen LogP contribution in [0.25, 0.3) is 0 Å². The van der Waals surface area contributed by atoms with E-state index in [1.807, 2.05) is 0 Å². The fourth-order valence-electron chi connectivity index (χ4n) is 2.40. The largest absolute Gasteiger partial charge is 0.484 e. The van der Waals surface area contributed by atoms with Crippen LogP contribution in [0.2, 0.25) is 15.1 Å². The molecule has 9 heteroatoms. The fourth-order valence-corrected chi connectivity index (χ4v) is 2.82. The van der Waals surface area contributed by atoms with Gasteiger partial charge in [-0.3, -0.25) is 9.59 Å². The van der Waals surface area contributed by atoms with E-state index in [9.17, 15) is 9.59 Å². The van der Waals surface area contributed by atoms with E-state index in [0.717, 1.165) is 5.56 Å². The molecule has 3 aromatic carbocycles. The number of nitrogens with one attached hydrogen (secondary N) is 2. The van der Waals surface area contributed by atoms with E-state index < -0.39 is 5.91 Å². The van der Waals surface area contributed by atoms with Crippen LogP contribution in [0.3, 0.4) is 0 Å². The Morgan fingerprint density at radius 3 is 2.29 bits per heavy atom. The van der Waals surface area contributed by atoms with Crippen molar-refractivity contribution in [3.05, 3.63) is 92.9 Å². The summed E-state index contributed by atoms with van der Waals surface area (Å²) in [5, 5.41) is 7.87. The summed E-state index contributed by atoms with van der Waals surface area (Å²) in [4.78, 5) is 24.0. The predicted octanol–water partition coefficient (Wildman–Crippen LogP) is 5.43. The smallest absolute Gasteiger partial charge is 0.271 e. The van der Waals surface area contributed by atoms with Crippen molar-refractivity contribution < 1.29 is 14.3 Å². The van der Waals surface area contributed by atoms with Crippen molar-refractivity contribution >= 4 is 58.5 Å². The first kappa shape index (κ1) is 22.6. The Hall–Kier alpha value is -3.06. The molecule has 0 aromatic heterocycles. The van der Waals surface area contributed by atoms with Gasteiger partial charge in [0.1, 0.15) is 5.75 Å². The van der Waals surface area contributed by atoms with Crippen LogP contribution in [0.1, 0.15) is 15.9 Å². The van der Waals surface area contributed by atoms with E-state index in [1.165, 1.54) is 18.3 Å². The Morgan fingerprint density at radius 2 is 1.61 bits per heavy atom. The minimum Gasteiger partial charge on any atom is -0.484 e. The highest BCUT2D eigenvalue weighted by molar-refractivity contribution is 6.42. The van der Waals surface area contributed by atoms with Gasteiger partial charge in [0.15, 0.2) is 6.61 Å². The highest BCUT2D eigenvalue weighted by atomic mass is 35.5. The molecule has 158 valence electrons. The molecule has 2 N–H and O–H groups in total. The molecule has 0 spiro atoms. The highest BCUT2D eigenvalue weighted by Crippen LogP contribution is 2.22. The third-order valence-electron chi connectivity index (χ3n) is 3.94. The van der Waals surface area contributed by atoms with Gasteiger partial charge in [0.05, 0.1) is 16.3 Å². The van der Waals surface area contributed by atoms with E-state index in [4.69, 9.17) is 39.5 Å². The van der Waals surface area contributed by atoms with Gasteiger partial charge in [-0.2, -0.15) is 5.10 Å². The summed E-state index contributed by atoms with van der Waals surface area (Å²) in [6, 6.07) is 18.2. The summed E-state index contributed by atoms with van der Waals surface area (Å²) in [5.41, 5.74) is 4.11. The number of anilines is 1. The third kappa shape index (κ3) is 7.00. The van der Waals surface area contributed by atoms with Crippen LogP contribution in [0.5, 0.6) is 5.75 Å². The molecule has 0 unspecified atom stereocenters. The lowest BCUT2D eigenvalue weighted by Crippen LogP contribution is -2.20. The van der Waals surface area contributed by atoms with Crippen LogP contribution in [-0.2, 0) is 4.79 Å². The Morgan fingerprint density at radius 1 is 0.903 bits per heavy atom. The molecule has 0 aliphatic heterocycles. The minimum absolute atomic E-state index is 0.143. The zero-order valence-electron chi connectivity index (χ0n) is 15.9. The number of hydrazone groups is 1. The van der Waals surface area contributed by atoms with Crippen molar-refractivity contribution in [1.82, 2.24) is 5.43 Å². The molecule has 2 amide bonds. The number of carbonyl (C=O) groups excluding carboxylic acids is 2. The number of hydrogen-bond acceptors (Lipinski definition) is 4. The Kier molecular flexibility index (Phi) is 7.89. The summed E-state index contributed by atoms with van der Waals surface area (Å²) >= 11 is 17.5. The number of carbonyl (C=O) groups is 2. The predicted molar refractivity (Wildman–Crippen MR) is 124 cm³/mol. The SMILES string of the molecule is O=C(COc1ccc(/C=N\NC(=O)c2ccc(Cl)c(Cl)c2)cc1)Nc1ccc(Cl)cc1. The second-order valence-corrected chi connectivity index (χ2v) is 7.49. The fraction of sp³-hybridized carbons (Fsp3) is 0.0455. The maximum atomic E-state index is 12.1. The van der Waals surface area contributed by atoms with Gasteiger partial charge in [-0.05, 0) is 72.3 Å². The zero-order chi connectivity index (χ0) is 22.2. The molecule has 0 saturated carbocycles. The van der Waals surface area contributed by atoms with E-state index in [2.05, 4.69) is 15.8 Å². The van der Waals surface area contributed by atoms with E-state index in [1.54, 1.807) is 54.6 Å². The molecular weight excluding hydrogens is 461 g/mol. The second kappa shape index (κ2) is 10.8. The quantitative estimate of drug-likeness (QED) is 0.352. The van der Waals surface area contributed by atoms with Gasteiger partial charge in [-0.25, -0.2) is 5.43 Å². The van der Waals surface area contributed by atoms with Crippen LogP contribution >= 0.6 is 34.8 Å². The van der Waals surface area contributed by atoms with Crippen molar-refractivity contribution in [3.63, 3.8) is 0 Å². The average Bonchev–Trinajstić information content (AvgIpc) is 2.76. The molecule has 0 aliphatic rings. The number of nitrogens with zero attached hydrogens (tertiary/aromatic N) is 1. The Bertz CT molecular complexity index is 1100. The van der Waals surface area contributed by atoms with Gasteiger partial charge in [0, 0.05) is 16.3 Å². The third-order valence-corrected chi connectivity index (χ3v) is 4.93. The molecule has 6 nitrogen and oxygen atoms in total. The van der Waals surface area contributed by atoms with Gasteiger partial charge in [0.2, 0.25) is 0 Å². The maximum Gasteiger partial charge on any atom is 0.271 e. The molecule has 0 fully saturated rings. The number of benzene rings is 3. The van der Waals surface area contributed by atoms with Gasteiger partial charge in [-0.1, -0.05) is 34.8 Å². The molecule has 0 heterocycles. The van der Waals surface area contributed by atoms with Crippen LogP contribution in [0, 0.1) is 0 Å². The van der Waals surface area contributed by atoms with E-state index in [-0.39, 0.29) is 17.5 Å². The lowest BCUT2D eigenvalue weighted by molar-refractivity contribution is -0.118. The number of halogens is 3. The second-order valence-electron chi connectivity index (χ2n) is 6.24. The van der Waals surface area contributed by atoms with E-state index >= 15 is 0 Å². The average molecular weight is 477 g/mol. The number of rotatable bonds is 7. The summed E-state index contributed by atoms with van der Waals surface area (Å²) in [7, 11) is 0. The monoisotopic (exact) mass is 475 g/mol. The number of hydrogen-bond donors (Lipinski definition) is 2. The summed E-state index contributed by atoms with van der Waals surface area (Å²) in [5.74, 6) is -0.192. The summed E-state index contributed by atoms with van der Waals surface area (Å²) in [6.45, 7) is -0.143. The summed E-state index contributed by atoms with van der Waals surface area (Å²) in [6.07, 6.45) is 1.48. The van der Waals surface area contributed by atoms with Crippen molar-refractivity contribution in [2.24, 2.45) is 5.10 Å². The van der Waals surface area contributed by atoms with Crippen LogP contribution in [0.4, 0.5) is 5.69 Å². The lowest BCUT2D eigenvalue weighted by Gasteiger charge is -2.08. The van der Waals surface area contributed by atoms with Gasteiger partial charge in [-0.15, -0.1) is 0 Å². The van der Waals surface area contributed by atoms with Gasteiger partial charge >= 0.3 is 0 Å². The normalized spacial score (nSPS) is 10.7. The molecule has 0 bridgehead atoms. The molecule has 31 heavy (non-hydrogen) atoms. The molecule has 3 aromatic rings. The Labute approximate surface area is 193 Å². The van der Waals surface area contributed by atoms with Crippen LogP contribution in [0.15, 0.2) is 71.8 Å². The van der Waals surface area contributed by atoms with Crippen molar-refractivity contribution in [1.29, 1.82) is 0 Å². The molecule has 0 radical (unpaired) electrons. The van der Waals surface area contributed by atoms with Crippen LogP contribution < -0.4 is 15.5 Å². The van der Waals surface area contributed by atoms with Crippen molar-refractivity contribution in [3.8, 4) is 5.75 Å². The van der Waals surface area contributed by atoms with Crippen molar-refractivity contribution in [2.75, 3.05) is 11.9 Å². The highest BCUT2D eigenvalue weighted by Gasteiger charge is 2.07. The first-order chi connectivity index (χ1) is 14.9. The Balaban J connectivity index is 1.47. The number of amides is 2. The molecule has 0 atom stereocenters. The zero-order valence-corrected chi connectivity index (χ0v) is 18.2. The topological polar surface area (TPSA) is 79.8 Å².